The summed E-state index contributed by atoms with van der Waals surface area (Å²) in [5.41, 5.74) is -0.977. The number of benzene rings is 1. The van der Waals surface area contributed by atoms with Crippen LogP contribution in [-0.4, -0.2) is 48.2 Å². The lowest BCUT2D eigenvalue weighted by atomic mass is 10.2. The van der Waals surface area contributed by atoms with E-state index in [9.17, 15) is 22.4 Å². The van der Waals surface area contributed by atoms with Crippen LogP contribution in [0.15, 0.2) is 42.6 Å². The topological polar surface area (TPSA) is 51.7 Å². The minimum atomic E-state index is -4.55. The lowest BCUT2D eigenvalue weighted by Crippen LogP contribution is -2.47. The van der Waals surface area contributed by atoms with Crippen molar-refractivity contribution in [3.63, 3.8) is 0 Å². The third-order valence-electron chi connectivity index (χ3n) is 3.98. The first-order chi connectivity index (χ1) is 12.8. The number of aromatic nitrogens is 1. The van der Waals surface area contributed by atoms with Gasteiger partial charge in [-0.2, -0.15) is 13.2 Å². The molecule has 2 heterocycles. The Balaban J connectivity index is 1.58. The largest absolute Gasteiger partial charge is 0.491 e. The molecule has 1 aliphatic rings. The maximum Gasteiger partial charge on any atom is 0.433 e. The number of alkyl halides is 3. The first-order valence-corrected chi connectivity index (χ1v) is 8.15. The van der Waals surface area contributed by atoms with E-state index in [4.69, 9.17) is 9.47 Å². The molecule has 5 nitrogen and oxygen atoms in total. The van der Waals surface area contributed by atoms with Crippen molar-refractivity contribution in [3.8, 4) is 5.75 Å². The number of hydrogen-bond acceptors (Lipinski definition) is 4. The van der Waals surface area contributed by atoms with Gasteiger partial charge in [0.15, 0.2) is 0 Å². The molecule has 0 aliphatic carbocycles. The van der Waals surface area contributed by atoms with Crippen LogP contribution in [0.5, 0.6) is 5.75 Å². The Morgan fingerprint density at radius 2 is 1.96 bits per heavy atom. The van der Waals surface area contributed by atoms with Crippen molar-refractivity contribution < 1.29 is 31.8 Å². The molecule has 0 bridgehead atoms. The Bertz CT molecular complexity index is 779. The molecule has 1 amide bonds. The molecular formula is C18H16F4N2O3. The SMILES string of the molecule is O=C(c1ccc(C(F)(F)F)nc1)N1CCOC(COc2ccc(F)cc2)C1. The monoisotopic (exact) mass is 384 g/mol. The van der Waals surface area contributed by atoms with Gasteiger partial charge in [0, 0.05) is 12.7 Å². The number of pyridine rings is 1. The van der Waals surface area contributed by atoms with E-state index in [1.165, 1.54) is 29.2 Å². The van der Waals surface area contributed by atoms with Crippen molar-refractivity contribution in [1.29, 1.82) is 0 Å². The fourth-order valence-electron chi connectivity index (χ4n) is 2.60. The molecule has 1 aromatic heterocycles. The smallest absolute Gasteiger partial charge is 0.433 e. The molecule has 27 heavy (non-hydrogen) atoms. The number of nitrogens with zero attached hydrogens (tertiary/aromatic N) is 2. The molecule has 0 saturated carbocycles. The average molecular weight is 384 g/mol. The fourth-order valence-corrected chi connectivity index (χ4v) is 2.60. The normalized spacial score (nSPS) is 17.6. The predicted octanol–water partition coefficient (Wildman–Crippen LogP) is 3.16. The minimum Gasteiger partial charge on any atom is -0.491 e. The standard InChI is InChI=1S/C18H16F4N2O3/c19-13-2-4-14(5-3-13)27-11-15-10-24(7-8-26-15)17(25)12-1-6-16(23-9-12)18(20,21)22/h1-6,9,15H,7-8,10-11H2. The average Bonchev–Trinajstić information content (AvgIpc) is 2.67. The second-order valence-corrected chi connectivity index (χ2v) is 5.94. The predicted molar refractivity (Wildman–Crippen MR) is 86.8 cm³/mol. The number of halogens is 4. The highest BCUT2D eigenvalue weighted by atomic mass is 19.4. The molecule has 144 valence electrons. The Kier molecular flexibility index (Phi) is 5.59. The maximum absolute atomic E-state index is 12.9. The van der Waals surface area contributed by atoms with Gasteiger partial charge in [-0.25, -0.2) is 4.39 Å². The van der Waals surface area contributed by atoms with Crippen molar-refractivity contribution >= 4 is 5.91 Å². The van der Waals surface area contributed by atoms with Gasteiger partial charge >= 0.3 is 6.18 Å². The third-order valence-corrected chi connectivity index (χ3v) is 3.98. The molecular weight excluding hydrogens is 368 g/mol. The van der Waals surface area contributed by atoms with Crippen LogP contribution in [0, 0.1) is 5.82 Å². The Morgan fingerprint density at radius 1 is 1.22 bits per heavy atom. The number of amides is 1. The van der Waals surface area contributed by atoms with E-state index in [0.717, 1.165) is 18.3 Å². The number of carbonyl (C=O) groups excluding carboxylic acids is 1. The molecule has 3 rings (SSSR count). The van der Waals surface area contributed by atoms with Crippen molar-refractivity contribution in [1.82, 2.24) is 9.88 Å². The van der Waals surface area contributed by atoms with Crippen LogP contribution in [0.25, 0.3) is 0 Å². The minimum absolute atomic E-state index is 0.0723. The van der Waals surface area contributed by atoms with Gasteiger partial charge in [0.2, 0.25) is 0 Å². The van der Waals surface area contributed by atoms with Crippen LogP contribution >= 0.6 is 0 Å². The van der Waals surface area contributed by atoms with E-state index in [1.807, 2.05) is 0 Å². The fraction of sp³-hybridized carbons (Fsp3) is 0.333. The molecule has 1 aromatic carbocycles. The molecule has 1 atom stereocenters. The van der Waals surface area contributed by atoms with Crippen molar-refractivity contribution in [2.75, 3.05) is 26.3 Å². The van der Waals surface area contributed by atoms with Gasteiger partial charge in [-0.3, -0.25) is 9.78 Å². The zero-order valence-corrected chi connectivity index (χ0v) is 14.1. The maximum atomic E-state index is 12.9. The van der Waals surface area contributed by atoms with Gasteiger partial charge in [0.05, 0.1) is 18.7 Å². The summed E-state index contributed by atoms with van der Waals surface area (Å²) in [5.74, 6) is -0.333. The van der Waals surface area contributed by atoms with Crippen LogP contribution in [0.1, 0.15) is 16.1 Å². The Hall–Kier alpha value is -2.68. The zero-order chi connectivity index (χ0) is 19.4. The van der Waals surface area contributed by atoms with Crippen LogP contribution < -0.4 is 4.74 Å². The van der Waals surface area contributed by atoms with Gasteiger partial charge in [-0.15, -0.1) is 0 Å². The lowest BCUT2D eigenvalue weighted by molar-refractivity contribution is -0.141. The summed E-state index contributed by atoms with van der Waals surface area (Å²) < 4.78 is 61.6. The quantitative estimate of drug-likeness (QED) is 0.760. The molecule has 1 aliphatic heterocycles. The summed E-state index contributed by atoms with van der Waals surface area (Å²) in [7, 11) is 0. The van der Waals surface area contributed by atoms with E-state index in [1.54, 1.807) is 0 Å². The summed E-state index contributed by atoms with van der Waals surface area (Å²) in [6, 6.07) is 7.39. The van der Waals surface area contributed by atoms with E-state index in [2.05, 4.69) is 4.98 Å². The summed E-state index contributed by atoms with van der Waals surface area (Å²) in [6.45, 7) is 0.964. The van der Waals surface area contributed by atoms with Gasteiger partial charge < -0.3 is 14.4 Å². The molecule has 0 radical (unpaired) electrons. The lowest BCUT2D eigenvalue weighted by Gasteiger charge is -2.32. The molecule has 9 heteroatoms. The molecule has 2 aromatic rings. The molecule has 0 N–H and O–H groups in total. The van der Waals surface area contributed by atoms with Crippen molar-refractivity contribution in [2.24, 2.45) is 0 Å². The van der Waals surface area contributed by atoms with Crippen molar-refractivity contribution in [3.05, 3.63) is 59.7 Å². The van der Waals surface area contributed by atoms with E-state index < -0.39 is 23.9 Å². The number of hydrogen-bond donors (Lipinski definition) is 0. The van der Waals surface area contributed by atoms with Crippen LogP contribution in [0.3, 0.4) is 0 Å². The van der Waals surface area contributed by atoms with Gasteiger partial charge in [-0.1, -0.05) is 0 Å². The van der Waals surface area contributed by atoms with E-state index >= 15 is 0 Å². The number of ether oxygens (including phenoxy) is 2. The van der Waals surface area contributed by atoms with Crippen LogP contribution in [-0.2, 0) is 10.9 Å². The number of carbonyl (C=O) groups is 1. The summed E-state index contributed by atoms with van der Waals surface area (Å²) >= 11 is 0. The number of morpholine rings is 1. The number of rotatable bonds is 4. The first kappa shape index (κ1) is 19.1. The molecule has 1 fully saturated rings. The Morgan fingerprint density at radius 3 is 2.59 bits per heavy atom. The van der Waals surface area contributed by atoms with E-state index in [-0.39, 0.29) is 31.1 Å². The highest BCUT2D eigenvalue weighted by molar-refractivity contribution is 5.94. The van der Waals surface area contributed by atoms with Gasteiger partial charge in [0.25, 0.3) is 5.91 Å². The summed E-state index contributed by atoms with van der Waals surface area (Å²) in [5, 5.41) is 0. The van der Waals surface area contributed by atoms with Gasteiger partial charge in [0.1, 0.15) is 30.0 Å². The summed E-state index contributed by atoms with van der Waals surface area (Å²) in [6.07, 6.45) is -4.04. The van der Waals surface area contributed by atoms with Crippen molar-refractivity contribution in [2.45, 2.75) is 12.3 Å². The highest BCUT2D eigenvalue weighted by Crippen LogP contribution is 2.27. The third kappa shape index (κ3) is 4.94. The van der Waals surface area contributed by atoms with E-state index in [0.29, 0.717) is 12.3 Å². The second kappa shape index (κ2) is 7.91. The van der Waals surface area contributed by atoms with Crippen LogP contribution in [0.2, 0.25) is 0 Å². The van der Waals surface area contributed by atoms with Gasteiger partial charge in [-0.05, 0) is 36.4 Å². The highest BCUT2D eigenvalue weighted by Gasteiger charge is 2.33. The van der Waals surface area contributed by atoms with Crippen LogP contribution in [0.4, 0.5) is 17.6 Å². The summed E-state index contributed by atoms with van der Waals surface area (Å²) in [4.78, 5) is 17.3. The molecule has 1 unspecified atom stereocenters. The molecule has 1 saturated heterocycles. The first-order valence-electron chi connectivity index (χ1n) is 8.15. The molecule has 0 spiro atoms. The second-order valence-electron chi connectivity index (χ2n) is 5.94. The zero-order valence-electron chi connectivity index (χ0n) is 14.1. The Labute approximate surface area is 152 Å².